The molecule has 7 nitrogen and oxygen atoms in total. The molecule has 1 unspecified atom stereocenters. The van der Waals surface area contributed by atoms with Crippen molar-refractivity contribution in [3.63, 3.8) is 0 Å². The lowest BCUT2D eigenvalue weighted by Crippen LogP contribution is -2.26. The first-order valence-electron chi connectivity index (χ1n) is 9.13. The van der Waals surface area contributed by atoms with Crippen LogP contribution in [0.4, 0.5) is 10.1 Å². The summed E-state index contributed by atoms with van der Waals surface area (Å²) in [6, 6.07) is 14.3. The number of nitrogens with zero attached hydrogens (tertiary/aromatic N) is 2. The van der Waals surface area contributed by atoms with E-state index >= 15 is 0 Å². The topological polar surface area (TPSA) is 95.9 Å². The van der Waals surface area contributed by atoms with E-state index in [9.17, 15) is 21.2 Å². The minimum atomic E-state index is -4.07. The van der Waals surface area contributed by atoms with Gasteiger partial charge in [-0.15, -0.1) is 11.3 Å². The summed E-state index contributed by atoms with van der Waals surface area (Å²) < 4.78 is 67.0. The fraction of sp³-hybridized carbons (Fsp3) is 0.150. The predicted octanol–water partition coefficient (Wildman–Crippen LogP) is 3.80. The molecule has 11 heteroatoms. The molecule has 3 aromatic rings. The second-order valence-corrected chi connectivity index (χ2v) is 11.5. The highest BCUT2D eigenvalue weighted by molar-refractivity contribution is 7.92. The maximum Gasteiger partial charge on any atom is 0.279 e. The molecular formula is C20H18FN3O4S3. The monoisotopic (exact) mass is 479 g/mol. The minimum absolute atomic E-state index is 0.0806. The number of benzene rings is 2. The van der Waals surface area contributed by atoms with E-state index in [1.807, 2.05) is 17.5 Å². The molecule has 2 aromatic carbocycles. The summed E-state index contributed by atoms with van der Waals surface area (Å²) in [7, 11) is -7.62. The highest BCUT2D eigenvalue weighted by atomic mass is 32.2. The summed E-state index contributed by atoms with van der Waals surface area (Å²) in [5.41, 5.74) is 1.23. The standard InChI is InChI=1S/C20H18FN3O4S3/c1-30(25,26)23-17-6-3-2-5-16(17)18-13-19(20-7-4-12-29-20)24(22-18)31(27,28)15-10-8-14(21)9-11-15/h2-12,19,23H,13H2,1H3. The number of hydrogen-bond donors (Lipinski definition) is 1. The fourth-order valence-corrected chi connectivity index (χ4v) is 6.19. The molecule has 0 radical (unpaired) electrons. The molecule has 0 amide bonds. The Bertz CT molecular complexity index is 1340. The van der Waals surface area contributed by atoms with Gasteiger partial charge in [-0.2, -0.15) is 17.9 Å². The molecule has 0 spiro atoms. The second-order valence-electron chi connectivity index (χ2n) is 6.93. The van der Waals surface area contributed by atoms with Crippen molar-refractivity contribution in [2.45, 2.75) is 17.4 Å². The molecule has 1 aromatic heterocycles. The third-order valence-corrected chi connectivity index (χ3v) is 7.90. The van der Waals surface area contributed by atoms with E-state index in [0.29, 0.717) is 17.0 Å². The molecule has 2 heterocycles. The van der Waals surface area contributed by atoms with Crippen LogP contribution in [0.15, 0.2) is 76.0 Å². The maximum atomic E-state index is 13.3. The number of anilines is 1. The van der Waals surface area contributed by atoms with Crippen molar-refractivity contribution in [2.75, 3.05) is 11.0 Å². The Hall–Kier alpha value is -2.76. The van der Waals surface area contributed by atoms with Crippen molar-refractivity contribution in [3.05, 3.63) is 82.3 Å². The molecular weight excluding hydrogens is 461 g/mol. The molecule has 0 bridgehead atoms. The van der Waals surface area contributed by atoms with Crippen LogP contribution in [0.3, 0.4) is 0 Å². The van der Waals surface area contributed by atoms with E-state index in [4.69, 9.17) is 0 Å². The molecule has 4 rings (SSSR count). The van der Waals surface area contributed by atoms with Crippen molar-refractivity contribution < 1.29 is 21.2 Å². The summed E-state index contributed by atoms with van der Waals surface area (Å²) in [6.07, 6.45) is 1.30. The van der Waals surface area contributed by atoms with E-state index in [1.165, 1.54) is 23.5 Å². The highest BCUT2D eigenvalue weighted by Gasteiger charge is 2.38. The Balaban J connectivity index is 1.81. The molecule has 0 saturated carbocycles. The van der Waals surface area contributed by atoms with E-state index in [0.717, 1.165) is 27.7 Å². The molecule has 1 aliphatic heterocycles. The first kappa shape index (κ1) is 21.5. The number of rotatable bonds is 6. The SMILES string of the molecule is CS(=O)(=O)Nc1ccccc1C1=NN(S(=O)(=O)c2ccc(F)cc2)C(c2cccs2)C1. The Labute approximate surface area is 184 Å². The summed E-state index contributed by atoms with van der Waals surface area (Å²) in [5, 5.41) is 6.24. The highest BCUT2D eigenvalue weighted by Crippen LogP contribution is 2.39. The second kappa shape index (κ2) is 8.06. The van der Waals surface area contributed by atoms with Crippen molar-refractivity contribution in [3.8, 4) is 0 Å². The fourth-order valence-electron chi connectivity index (χ4n) is 3.30. The van der Waals surface area contributed by atoms with Gasteiger partial charge in [0, 0.05) is 16.9 Å². The smallest absolute Gasteiger partial charge is 0.279 e. The van der Waals surface area contributed by atoms with Crippen LogP contribution in [0, 0.1) is 5.82 Å². The van der Waals surface area contributed by atoms with Gasteiger partial charge in [0.1, 0.15) is 11.9 Å². The number of hydrogen-bond acceptors (Lipinski definition) is 6. The van der Waals surface area contributed by atoms with Crippen molar-refractivity contribution >= 4 is 42.8 Å². The summed E-state index contributed by atoms with van der Waals surface area (Å²) in [5.74, 6) is -0.542. The minimum Gasteiger partial charge on any atom is -0.283 e. The van der Waals surface area contributed by atoms with Crippen LogP contribution in [0.1, 0.15) is 22.9 Å². The number of nitrogens with one attached hydrogen (secondary N) is 1. The number of thiophene rings is 1. The lowest BCUT2D eigenvalue weighted by molar-refractivity contribution is 0.375. The van der Waals surface area contributed by atoms with Gasteiger partial charge in [0.15, 0.2) is 0 Å². The Morgan fingerprint density at radius 2 is 1.74 bits per heavy atom. The zero-order valence-corrected chi connectivity index (χ0v) is 18.7. The van der Waals surface area contributed by atoms with Crippen LogP contribution >= 0.6 is 11.3 Å². The third-order valence-electron chi connectivity index (χ3n) is 4.64. The van der Waals surface area contributed by atoms with Gasteiger partial charge in [0.05, 0.1) is 22.6 Å². The van der Waals surface area contributed by atoms with Crippen molar-refractivity contribution in [1.82, 2.24) is 4.41 Å². The van der Waals surface area contributed by atoms with Crippen LogP contribution in [0.5, 0.6) is 0 Å². The molecule has 0 aliphatic carbocycles. The normalized spacial score (nSPS) is 16.9. The first-order valence-corrected chi connectivity index (χ1v) is 13.3. The quantitative estimate of drug-likeness (QED) is 0.582. The molecule has 1 N–H and O–H groups in total. The molecule has 0 saturated heterocycles. The number of sulfonamides is 2. The Kier molecular flexibility index (Phi) is 5.58. The average Bonchev–Trinajstić information content (AvgIpc) is 3.37. The lowest BCUT2D eigenvalue weighted by Gasteiger charge is -2.22. The van der Waals surface area contributed by atoms with E-state index in [2.05, 4.69) is 9.82 Å². The zero-order chi connectivity index (χ0) is 22.2. The molecule has 162 valence electrons. The Morgan fingerprint density at radius 1 is 1.03 bits per heavy atom. The lowest BCUT2D eigenvalue weighted by atomic mass is 10.0. The van der Waals surface area contributed by atoms with E-state index < -0.39 is 31.9 Å². The number of halogens is 1. The number of para-hydroxylation sites is 1. The van der Waals surface area contributed by atoms with Gasteiger partial charge >= 0.3 is 0 Å². The average molecular weight is 480 g/mol. The third kappa shape index (κ3) is 4.48. The van der Waals surface area contributed by atoms with E-state index in [1.54, 1.807) is 24.3 Å². The zero-order valence-electron chi connectivity index (χ0n) is 16.3. The van der Waals surface area contributed by atoms with Gasteiger partial charge < -0.3 is 0 Å². The van der Waals surface area contributed by atoms with Crippen molar-refractivity contribution in [1.29, 1.82) is 0 Å². The molecule has 0 fully saturated rings. The van der Waals surface area contributed by atoms with Gasteiger partial charge in [-0.1, -0.05) is 24.3 Å². The van der Waals surface area contributed by atoms with Crippen LogP contribution in [0.25, 0.3) is 0 Å². The summed E-state index contributed by atoms with van der Waals surface area (Å²) in [6.45, 7) is 0. The van der Waals surface area contributed by atoms with Crippen LogP contribution in [0.2, 0.25) is 0 Å². The summed E-state index contributed by atoms with van der Waals surface area (Å²) in [4.78, 5) is 0.709. The van der Waals surface area contributed by atoms with Gasteiger partial charge in [0.2, 0.25) is 10.0 Å². The first-order chi connectivity index (χ1) is 14.6. The predicted molar refractivity (Wildman–Crippen MR) is 119 cm³/mol. The maximum absolute atomic E-state index is 13.3. The van der Waals surface area contributed by atoms with Crippen LogP contribution in [-0.2, 0) is 20.0 Å². The van der Waals surface area contributed by atoms with Gasteiger partial charge in [-0.3, -0.25) is 4.72 Å². The number of hydrazone groups is 1. The summed E-state index contributed by atoms with van der Waals surface area (Å²) >= 11 is 1.40. The largest absolute Gasteiger partial charge is 0.283 e. The molecule has 1 atom stereocenters. The Morgan fingerprint density at radius 3 is 2.39 bits per heavy atom. The van der Waals surface area contributed by atoms with Crippen LogP contribution < -0.4 is 4.72 Å². The van der Waals surface area contributed by atoms with E-state index in [-0.39, 0.29) is 11.3 Å². The molecule has 31 heavy (non-hydrogen) atoms. The van der Waals surface area contributed by atoms with Gasteiger partial charge in [0.25, 0.3) is 10.0 Å². The van der Waals surface area contributed by atoms with Crippen molar-refractivity contribution in [2.24, 2.45) is 5.10 Å². The molecule has 1 aliphatic rings. The van der Waals surface area contributed by atoms with Gasteiger partial charge in [-0.25, -0.2) is 12.8 Å². The van der Waals surface area contributed by atoms with Gasteiger partial charge in [-0.05, 0) is 41.8 Å². The van der Waals surface area contributed by atoms with Crippen LogP contribution in [-0.4, -0.2) is 33.2 Å².